The number of hydrogen-bond donors (Lipinski definition) is 2. The number of aryl methyl sites for hydroxylation is 1. The Morgan fingerprint density at radius 3 is 2.37 bits per heavy atom. The molecule has 1 aromatic rings. The van der Waals surface area contributed by atoms with Gasteiger partial charge in [0, 0.05) is 25.3 Å². The number of likely N-dealkylation sites (N-methyl/N-ethyl adjacent to an activating group) is 1. The van der Waals surface area contributed by atoms with Gasteiger partial charge in [-0.25, -0.2) is 0 Å². The highest BCUT2D eigenvalue weighted by molar-refractivity contribution is 5.47. The molecular formula is C16H26N2O. The van der Waals surface area contributed by atoms with Crippen LogP contribution < -0.4 is 10.2 Å². The summed E-state index contributed by atoms with van der Waals surface area (Å²) in [7, 11) is 4.07. The van der Waals surface area contributed by atoms with Gasteiger partial charge in [0.25, 0.3) is 0 Å². The first-order valence-electron chi connectivity index (χ1n) is 7.20. The van der Waals surface area contributed by atoms with Gasteiger partial charge in [0.05, 0.1) is 5.60 Å². The van der Waals surface area contributed by atoms with Crippen molar-refractivity contribution in [1.29, 1.82) is 0 Å². The van der Waals surface area contributed by atoms with E-state index in [-0.39, 0.29) is 0 Å². The Bertz CT molecular complexity index is 394. The lowest BCUT2D eigenvalue weighted by molar-refractivity contribution is 0.00199. The number of aliphatic hydroxyl groups is 1. The summed E-state index contributed by atoms with van der Waals surface area (Å²) in [4.78, 5) is 2.36. The summed E-state index contributed by atoms with van der Waals surface area (Å²) in [5, 5.41) is 13.5. The predicted octanol–water partition coefficient (Wildman–Crippen LogP) is 2.32. The third-order valence-electron chi connectivity index (χ3n) is 4.38. The third-order valence-corrected chi connectivity index (χ3v) is 4.38. The summed E-state index contributed by atoms with van der Waals surface area (Å²) in [6, 6.07) is 9.23. The highest BCUT2D eigenvalue weighted by Gasteiger charge is 2.33. The number of benzene rings is 1. The lowest BCUT2D eigenvalue weighted by Gasteiger charge is -2.40. The molecule has 3 nitrogen and oxygen atoms in total. The fourth-order valence-electron chi connectivity index (χ4n) is 3.02. The van der Waals surface area contributed by atoms with Crippen molar-refractivity contribution in [2.45, 2.75) is 44.2 Å². The number of anilines is 1. The predicted molar refractivity (Wildman–Crippen MR) is 80.7 cm³/mol. The molecule has 0 bridgehead atoms. The van der Waals surface area contributed by atoms with E-state index in [0.29, 0.717) is 12.6 Å². The first-order valence-corrected chi connectivity index (χ1v) is 7.20. The minimum Gasteiger partial charge on any atom is -0.389 e. The summed E-state index contributed by atoms with van der Waals surface area (Å²) < 4.78 is 0. The Morgan fingerprint density at radius 2 is 1.84 bits per heavy atom. The maximum absolute atomic E-state index is 10.4. The molecule has 0 amide bonds. The van der Waals surface area contributed by atoms with Gasteiger partial charge in [-0.2, -0.15) is 0 Å². The van der Waals surface area contributed by atoms with Gasteiger partial charge in [-0.15, -0.1) is 0 Å². The second-order valence-electron chi connectivity index (χ2n) is 5.93. The number of nitrogens with one attached hydrogen (secondary N) is 1. The van der Waals surface area contributed by atoms with Gasteiger partial charge in [-0.1, -0.05) is 17.7 Å². The van der Waals surface area contributed by atoms with Crippen LogP contribution in [0.25, 0.3) is 0 Å². The van der Waals surface area contributed by atoms with Gasteiger partial charge >= 0.3 is 0 Å². The van der Waals surface area contributed by atoms with E-state index in [4.69, 9.17) is 0 Å². The molecule has 0 spiro atoms. The Kier molecular flexibility index (Phi) is 4.48. The van der Waals surface area contributed by atoms with Crippen LogP contribution in [0, 0.1) is 6.92 Å². The Hall–Kier alpha value is -1.06. The number of nitrogens with zero attached hydrogens (tertiary/aromatic N) is 1. The molecule has 0 aromatic heterocycles. The minimum atomic E-state index is -0.501. The molecule has 2 rings (SSSR count). The largest absolute Gasteiger partial charge is 0.389 e. The van der Waals surface area contributed by atoms with E-state index >= 15 is 0 Å². The first kappa shape index (κ1) is 14.4. The topological polar surface area (TPSA) is 35.5 Å². The molecule has 0 radical (unpaired) electrons. The molecule has 1 aliphatic rings. The average Bonchev–Trinajstić information content (AvgIpc) is 2.40. The molecule has 1 aliphatic carbocycles. The first-order chi connectivity index (χ1) is 9.04. The molecule has 0 unspecified atom stereocenters. The molecule has 0 heterocycles. The number of rotatable bonds is 4. The van der Waals surface area contributed by atoms with Gasteiger partial charge in [0.1, 0.15) is 0 Å². The van der Waals surface area contributed by atoms with Gasteiger partial charge in [-0.3, -0.25) is 0 Å². The van der Waals surface area contributed by atoms with E-state index in [1.54, 1.807) is 0 Å². The van der Waals surface area contributed by atoms with Crippen LogP contribution in [0.5, 0.6) is 0 Å². The van der Waals surface area contributed by atoms with Crippen LogP contribution in [0.3, 0.4) is 0 Å². The van der Waals surface area contributed by atoms with Crippen LogP contribution in [0.4, 0.5) is 5.69 Å². The van der Waals surface area contributed by atoms with Crippen LogP contribution in [0.15, 0.2) is 24.3 Å². The fourth-order valence-corrected chi connectivity index (χ4v) is 3.02. The number of hydrogen-bond acceptors (Lipinski definition) is 3. The summed E-state index contributed by atoms with van der Waals surface area (Å²) in [5.74, 6) is 0. The van der Waals surface area contributed by atoms with Crippen molar-refractivity contribution in [3.63, 3.8) is 0 Å². The molecule has 0 aliphatic heterocycles. The molecule has 3 heteroatoms. The maximum atomic E-state index is 10.4. The van der Waals surface area contributed by atoms with Gasteiger partial charge in [-0.05, 0) is 51.8 Å². The van der Waals surface area contributed by atoms with Crippen molar-refractivity contribution >= 4 is 5.69 Å². The van der Waals surface area contributed by atoms with Gasteiger partial charge in [0.2, 0.25) is 0 Å². The zero-order valence-electron chi connectivity index (χ0n) is 12.3. The molecule has 0 atom stereocenters. The second-order valence-corrected chi connectivity index (χ2v) is 5.93. The van der Waals surface area contributed by atoms with Crippen LogP contribution >= 0.6 is 0 Å². The Labute approximate surface area is 116 Å². The molecule has 1 aromatic carbocycles. The normalized spacial score (nSPS) is 27.3. The van der Waals surface area contributed by atoms with Gasteiger partial charge in [0.15, 0.2) is 0 Å². The van der Waals surface area contributed by atoms with E-state index in [0.717, 1.165) is 25.7 Å². The maximum Gasteiger partial charge on any atom is 0.0773 e. The van der Waals surface area contributed by atoms with Crippen LogP contribution in [0.1, 0.15) is 31.2 Å². The van der Waals surface area contributed by atoms with E-state index in [1.165, 1.54) is 11.3 Å². The van der Waals surface area contributed by atoms with Crippen molar-refractivity contribution in [3.05, 3.63) is 29.8 Å². The molecular weight excluding hydrogens is 236 g/mol. The van der Waals surface area contributed by atoms with E-state index < -0.39 is 5.60 Å². The summed E-state index contributed by atoms with van der Waals surface area (Å²) in [6.45, 7) is 2.82. The van der Waals surface area contributed by atoms with Crippen LogP contribution in [-0.2, 0) is 0 Å². The minimum absolute atomic E-state index is 0.501. The lowest BCUT2D eigenvalue weighted by Crippen LogP contribution is -2.47. The van der Waals surface area contributed by atoms with E-state index in [2.05, 4.69) is 48.5 Å². The third kappa shape index (κ3) is 3.48. The van der Waals surface area contributed by atoms with Crippen molar-refractivity contribution in [1.82, 2.24) is 5.32 Å². The molecule has 1 fully saturated rings. The zero-order valence-corrected chi connectivity index (χ0v) is 12.3. The SMILES string of the molecule is CNCC1(O)CCC(N(C)c2ccc(C)cc2)CC1. The highest BCUT2D eigenvalue weighted by Crippen LogP contribution is 2.32. The molecule has 0 saturated heterocycles. The van der Waals surface area contributed by atoms with Crippen LogP contribution in [-0.4, -0.2) is 37.4 Å². The highest BCUT2D eigenvalue weighted by atomic mass is 16.3. The summed E-state index contributed by atoms with van der Waals surface area (Å²) in [6.07, 6.45) is 3.88. The summed E-state index contributed by atoms with van der Waals surface area (Å²) >= 11 is 0. The van der Waals surface area contributed by atoms with Crippen LogP contribution in [0.2, 0.25) is 0 Å². The smallest absolute Gasteiger partial charge is 0.0773 e. The van der Waals surface area contributed by atoms with E-state index in [1.807, 2.05) is 7.05 Å². The van der Waals surface area contributed by atoms with Crippen molar-refractivity contribution < 1.29 is 5.11 Å². The molecule has 19 heavy (non-hydrogen) atoms. The molecule has 106 valence electrons. The Morgan fingerprint density at radius 1 is 1.26 bits per heavy atom. The molecule has 2 N–H and O–H groups in total. The van der Waals surface area contributed by atoms with E-state index in [9.17, 15) is 5.11 Å². The average molecular weight is 262 g/mol. The fraction of sp³-hybridized carbons (Fsp3) is 0.625. The second kappa shape index (κ2) is 5.93. The monoisotopic (exact) mass is 262 g/mol. The standard InChI is InChI=1S/C16H26N2O/c1-13-4-6-14(7-5-13)18(3)15-8-10-16(19,11-9-15)12-17-2/h4-7,15,17,19H,8-12H2,1-3H3. The quantitative estimate of drug-likeness (QED) is 0.874. The summed E-state index contributed by atoms with van der Waals surface area (Å²) in [5.41, 5.74) is 2.07. The van der Waals surface area contributed by atoms with Crippen molar-refractivity contribution in [3.8, 4) is 0 Å². The zero-order chi connectivity index (χ0) is 13.9. The van der Waals surface area contributed by atoms with Crippen molar-refractivity contribution in [2.24, 2.45) is 0 Å². The lowest BCUT2D eigenvalue weighted by atomic mass is 9.81. The van der Waals surface area contributed by atoms with Gasteiger partial charge < -0.3 is 15.3 Å². The Balaban J connectivity index is 1.95. The van der Waals surface area contributed by atoms with Crippen molar-refractivity contribution in [2.75, 3.05) is 25.5 Å². The molecule has 1 saturated carbocycles.